The van der Waals surface area contributed by atoms with Gasteiger partial charge in [-0.15, -0.1) is 0 Å². The summed E-state index contributed by atoms with van der Waals surface area (Å²) in [5.41, 5.74) is 1.10. The molecule has 2 aromatic carbocycles. The molecule has 0 spiro atoms. The third kappa shape index (κ3) is 4.14. The number of para-hydroxylation sites is 1. The van der Waals surface area contributed by atoms with Crippen LogP contribution in [-0.2, 0) is 9.59 Å². The van der Waals surface area contributed by atoms with E-state index in [1.54, 1.807) is 24.3 Å². The van der Waals surface area contributed by atoms with Gasteiger partial charge in [0.1, 0.15) is 18.4 Å². The number of nitrogens with zero attached hydrogens (tertiary/aromatic N) is 2. The molecule has 116 valence electrons. The van der Waals surface area contributed by atoms with Gasteiger partial charge in [-0.05, 0) is 36.4 Å². The SMILES string of the molecule is CC(=O)N(CC(=O)Nc1ccc(F)cc1)c1ccccc1C#N. The smallest absolute Gasteiger partial charge is 0.244 e. The van der Waals surface area contributed by atoms with E-state index in [2.05, 4.69) is 5.32 Å². The third-order valence-electron chi connectivity index (χ3n) is 3.13. The topological polar surface area (TPSA) is 73.2 Å². The normalized spacial score (nSPS) is 9.78. The maximum absolute atomic E-state index is 12.8. The van der Waals surface area contributed by atoms with Crippen molar-refractivity contribution < 1.29 is 14.0 Å². The van der Waals surface area contributed by atoms with E-state index in [0.717, 1.165) is 0 Å². The van der Waals surface area contributed by atoms with Crippen molar-refractivity contribution in [3.05, 3.63) is 59.9 Å². The van der Waals surface area contributed by atoms with Crippen LogP contribution in [0.15, 0.2) is 48.5 Å². The first kappa shape index (κ1) is 16.2. The highest BCUT2D eigenvalue weighted by Gasteiger charge is 2.18. The Morgan fingerprint density at radius 2 is 1.83 bits per heavy atom. The van der Waals surface area contributed by atoms with Gasteiger partial charge in [0.25, 0.3) is 0 Å². The summed E-state index contributed by atoms with van der Waals surface area (Å²) in [7, 11) is 0. The van der Waals surface area contributed by atoms with E-state index in [0.29, 0.717) is 16.9 Å². The maximum atomic E-state index is 12.8. The van der Waals surface area contributed by atoms with Gasteiger partial charge < -0.3 is 10.2 Å². The van der Waals surface area contributed by atoms with E-state index in [4.69, 9.17) is 5.26 Å². The largest absolute Gasteiger partial charge is 0.325 e. The van der Waals surface area contributed by atoms with Gasteiger partial charge in [0, 0.05) is 12.6 Å². The van der Waals surface area contributed by atoms with Crippen molar-refractivity contribution in [1.82, 2.24) is 0 Å². The fourth-order valence-corrected chi connectivity index (χ4v) is 2.05. The summed E-state index contributed by atoms with van der Waals surface area (Å²) in [5.74, 6) is -1.21. The van der Waals surface area contributed by atoms with Gasteiger partial charge in [0.2, 0.25) is 11.8 Å². The van der Waals surface area contributed by atoms with Crippen molar-refractivity contribution in [3.8, 4) is 6.07 Å². The summed E-state index contributed by atoms with van der Waals surface area (Å²) < 4.78 is 12.8. The van der Waals surface area contributed by atoms with Crippen molar-refractivity contribution >= 4 is 23.2 Å². The molecule has 0 saturated heterocycles. The highest BCUT2D eigenvalue weighted by Crippen LogP contribution is 2.20. The molecule has 0 aliphatic heterocycles. The Hall–Kier alpha value is -3.20. The molecule has 0 saturated carbocycles. The molecule has 0 bridgehead atoms. The van der Waals surface area contributed by atoms with Gasteiger partial charge in [-0.3, -0.25) is 9.59 Å². The molecule has 23 heavy (non-hydrogen) atoms. The number of halogens is 1. The molecule has 0 fully saturated rings. The van der Waals surface area contributed by atoms with Gasteiger partial charge in [-0.2, -0.15) is 5.26 Å². The Morgan fingerprint density at radius 3 is 2.43 bits per heavy atom. The van der Waals surface area contributed by atoms with Crippen LogP contribution in [0.25, 0.3) is 0 Å². The number of amides is 2. The predicted octanol–water partition coefficient (Wildman–Crippen LogP) is 2.69. The van der Waals surface area contributed by atoms with Crippen molar-refractivity contribution in [2.24, 2.45) is 0 Å². The Labute approximate surface area is 133 Å². The zero-order valence-corrected chi connectivity index (χ0v) is 12.4. The number of carbonyl (C=O) groups excluding carboxylic acids is 2. The Morgan fingerprint density at radius 1 is 1.17 bits per heavy atom. The summed E-state index contributed by atoms with van der Waals surface area (Å²) in [6, 6.07) is 13.8. The molecule has 2 aromatic rings. The first-order valence-electron chi connectivity index (χ1n) is 6.84. The van der Waals surface area contributed by atoms with E-state index < -0.39 is 11.7 Å². The Balaban J connectivity index is 2.16. The van der Waals surface area contributed by atoms with Crippen LogP contribution in [0.1, 0.15) is 12.5 Å². The first-order valence-corrected chi connectivity index (χ1v) is 6.84. The molecule has 2 rings (SSSR count). The van der Waals surface area contributed by atoms with E-state index >= 15 is 0 Å². The summed E-state index contributed by atoms with van der Waals surface area (Å²) >= 11 is 0. The predicted molar refractivity (Wildman–Crippen MR) is 84.2 cm³/mol. The number of benzene rings is 2. The van der Waals surface area contributed by atoms with Crippen molar-refractivity contribution in [2.45, 2.75) is 6.92 Å². The van der Waals surface area contributed by atoms with E-state index in [9.17, 15) is 14.0 Å². The van der Waals surface area contributed by atoms with Crippen LogP contribution in [0, 0.1) is 17.1 Å². The Bertz CT molecular complexity index is 766. The highest BCUT2D eigenvalue weighted by molar-refractivity contribution is 6.02. The van der Waals surface area contributed by atoms with Gasteiger partial charge in [-0.1, -0.05) is 12.1 Å². The van der Waals surface area contributed by atoms with Crippen LogP contribution in [0.2, 0.25) is 0 Å². The molecule has 0 heterocycles. The Kier molecular flexibility index (Phi) is 5.05. The molecule has 0 unspecified atom stereocenters. The third-order valence-corrected chi connectivity index (χ3v) is 3.13. The molecular weight excluding hydrogens is 297 g/mol. The zero-order valence-electron chi connectivity index (χ0n) is 12.4. The molecule has 1 N–H and O–H groups in total. The number of anilines is 2. The first-order chi connectivity index (χ1) is 11.0. The lowest BCUT2D eigenvalue weighted by molar-refractivity contribution is -0.120. The lowest BCUT2D eigenvalue weighted by Crippen LogP contribution is -2.37. The molecule has 0 aliphatic rings. The summed E-state index contributed by atoms with van der Waals surface area (Å²) in [5, 5.41) is 11.7. The van der Waals surface area contributed by atoms with Gasteiger partial charge in [0.15, 0.2) is 0 Å². The average molecular weight is 311 g/mol. The number of rotatable bonds is 4. The highest BCUT2D eigenvalue weighted by atomic mass is 19.1. The second-order valence-corrected chi connectivity index (χ2v) is 4.79. The van der Waals surface area contributed by atoms with E-state index in [1.165, 1.54) is 36.1 Å². The lowest BCUT2D eigenvalue weighted by Gasteiger charge is -2.21. The maximum Gasteiger partial charge on any atom is 0.244 e. The molecule has 0 radical (unpaired) electrons. The van der Waals surface area contributed by atoms with E-state index in [1.807, 2.05) is 6.07 Å². The van der Waals surface area contributed by atoms with Crippen LogP contribution < -0.4 is 10.2 Å². The van der Waals surface area contributed by atoms with Crippen molar-refractivity contribution in [3.63, 3.8) is 0 Å². The second kappa shape index (κ2) is 7.18. The lowest BCUT2D eigenvalue weighted by atomic mass is 10.1. The van der Waals surface area contributed by atoms with Gasteiger partial charge in [0.05, 0.1) is 11.3 Å². The number of nitriles is 1. The second-order valence-electron chi connectivity index (χ2n) is 4.79. The minimum atomic E-state index is -0.445. The molecular formula is C17H14FN3O2. The van der Waals surface area contributed by atoms with Crippen LogP contribution in [0.5, 0.6) is 0 Å². The van der Waals surface area contributed by atoms with E-state index in [-0.39, 0.29) is 12.5 Å². The van der Waals surface area contributed by atoms with Crippen molar-refractivity contribution in [1.29, 1.82) is 5.26 Å². The summed E-state index contributed by atoms with van der Waals surface area (Å²) in [4.78, 5) is 25.2. The van der Waals surface area contributed by atoms with Crippen LogP contribution in [0.3, 0.4) is 0 Å². The minimum absolute atomic E-state index is 0.245. The summed E-state index contributed by atoms with van der Waals surface area (Å²) in [6.45, 7) is 1.07. The summed E-state index contributed by atoms with van der Waals surface area (Å²) in [6.07, 6.45) is 0. The van der Waals surface area contributed by atoms with Crippen LogP contribution in [-0.4, -0.2) is 18.4 Å². The molecule has 0 aromatic heterocycles. The molecule has 6 heteroatoms. The standard InChI is InChI=1S/C17H14FN3O2/c1-12(22)21(16-5-3-2-4-13(16)10-19)11-17(23)20-15-8-6-14(18)7-9-15/h2-9H,11H2,1H3,(H,20,23). The number of nitrogens with one attached hydrogen (secondary N) is 1. The zero-order chi connectivity index (χ0) is 16.8. The molecule has 2 amide bonds. The van der Waals surface area contributed by atoms with Gasteiger partial charge >= 0.3 is 0 Å². The number of hydrogen-bond acceptors (Lipinski definition) is 3. The number of carbonyl (C=O) groups is 2. The molecule has 0 aliphatic carbocycles. The average Bonchev–Trinajstić information content (AvgIpc) is 2.54. The molecule has 5 nitrogen and oxygen atoms in total. The van der Waals surface area contributed by atoms with Crippen molar-refractivity contribution in [2.75, 3.05) is 16.8 Å². The minimum Gasteiger partial charge on any atom is -0.325 e. The van der Waals surface area contributed by atoms with Crippen LogP contribution >= 0.6 is 0 Å². The number of hydrogen-bond donors (Lipinski definition) is 1. The fourth-order valence-electron chi connectivity index (χ4n) is 2.05. The van der Waals surface area contributed by atoms with Gasteiger partial charge in [-0.25, -0.2) is 4.39 Å². The monoisotopic (exact) mass is 311 g/mol. The fraction of sp³-hybridized carbons (Fsp3) is 0.118. The van der Waals surface area contributed by atoms with Crippen LogP contribution in [0.4, 0.5) is 15.8 Å². The molecule has 0 atom stereocenters. The quantitative estimate of drug-likeness (QED) is 0.943.